The lowest BCUT2D eigenvalue weighted by molar-refractivity contribution is 0.351. The molecule has 0 atom stereocenters. The number of hydrogen-bond acceptors (Lipinski definition) is 5. The van der Waals surface area contributed by atoms with E-state index in [1.54, 1.807) is 27.5 Å². The second-order valence-corrected chi connectivity index (χ2v) is 7.66. The first-order valence-electron chi connectivity index (χ1n) is 10.2. The van der Waals surface area contributed by atoms with E-state index in [4.69, 9.17) is 14.2 Å². The van der Waals surface area contributed by atoms with Crippen molar-refractivity contribution in [3.8, 4) is 23.0 Å². The summed E-state index contributed by atoms with van der Waals surface area (Å²) >= 11 is 0. The number of aromatic nitrogens is 1. The van der Waals surface area contributed by atoms with Crippen molar-refractivity contribution >= 4 is 16.6 Å². The third kappa shape index (κ3) is 3.95. The first kappa shape index (κ1) is 20.1. The summed E-state index contributed by atoms with van der Waals surface area (Å²) in [5.74, 6) is 2.91. The van der Waals surface area contributed by atoms with E-state index in [1.165, 1.54) is 6.07 Å². The summed E-state index contributed by atoms with van der Waals surface area (Å²) in [4.78, 5) is 6.73. The molecule has 3 aromatic rings. The fourth-order valence-corrected chi connectivity index (χ4v) is 4.27. The lowest BCUT2D eigenvalue weighted by Crippen LogP contribution is -2.34. The third-order valence-corrected chi connectivity index (χ3v) is 5.98. The van der Waals surface area contributed by atoms with Crippen LogP contribution in [-0.2, 0) is 11.5 Å². The number of hydrogen-bond donors (Lipinski definition) is 0. The Morgan fingerprint density at radius 2 is 1.67 bits per heavy atom. The smallest absolute Gasteiger partial charge is 0.189 e. The van der Waals surface area contributed by atoms with Gasteiger partial charge in [0, 0.05) is 54.1 Å². The molecule has 30 heavy (non-hydrogen) atoms. The van der Waals surface area contributed by atoms with E-state index in [9.17, 15) is 5.11 Å². The molecule has 1 aliphatic heterocycles. The Balaban J connectivity index is 1.47. The number of anilines is 1. The van der Waals surface area contributed by atoms with Crippen LogP contribution in [0.15, 0.2) is 42.6 Å². The maximum Gasteiger partial charge on any atom is 0.189 e. The molecule has 6 nitrogen and oxygen atoms in total. The van der Waals surface area contributed by atoms with Crippen LogP contribution in [0.2, 0.25) is 0 Å². The second-order valence-electron chi connectivity index (χ2n) is 7.66. The van der Waals surface area contributed by atoms with Crippen molar-refractivity contribution in [2.75, 3.05) is 39.3 Å². The van der Waals surface area contributed by atoms with Gasteiger partial charge in [0.1, 0.15) is 17.2 Å². The van der Waals surface area contributed by atoms with E-state index in [0.29, 0.717) is 11.3 Å². The van der Waals surface area contributed by atoms with Crippen molar-refractivity contribution in [2.45, 2.75) is 19.3 Å². The Morgan fingerprint density at radius 1 is 0.967 bits per heavy atom. The van der Waals surface area contributed by atoms with Crippen LogP contribution >= 0.6 is 0 Å². The number of pyridine rings is 1. The molecule has 1 aliphatic rings. The average Bonchev–Trinajstić information content (AvgIpc) is 2.79. The van der Waals surface area contributed by atoms with Crippen molar-refractivity contribution in [3.63, 3.8) is 0 Å². The quantitative estimate of drug-likeness (QED) is 0.584. The van der Waals surface area contributed by atoms with Crippen molar-refractivity contribution in [1.82, 2.24) is 4.98 Å². The van der Waals surface area contributed by atoms with E-state index in [1.807, 2.05) is 30.3 Å². The third-order valence-electron chi connectivity index (χ3n) is 5.98. The molecule has 1 saturated heterocycles. The summed E-state index contributed by atoms with van der Waals surface area (Å²) in [7, 11) is 5.01. The molecule has 0 saturated carbocycles. The Kier molecular flexibility index (Phi) is 5.84. The minimum atomic E-state index is 0.0210. The molecule has 6 heteroatoms. The molecule has 0 amide bonds. The van der Waals surface area contributed by atoms with Gasteiger partial charge in [-0.05, 0) is 43.4 Å². The van der Waals surface area contributed by atoms with Crippen molar-refractivity contribution < 1.29 is 19.3 Å². The number of nitrogens with zero attached hydrogens (tertiary/aromatic N) is 2. The normalized spacial score (nSPS) is 14.7. The molecule has 1 aromatic heterocycles. The van der Waals surface area contributed by atoms with E-state index in [2.05, 4.69) is 9.88 Å². The fraction of sp³-hybridized carbons (Fsp3) is 0.375. The molecule has 2 heterocycles. The van der Waals surface area contributed by atoms with Crippen LogP contribution in [0.1, 0.15) is 18.4 Å². The van der Waals surface area contributed by atoms with Crippen molar-refractivity contribution in [1.29, 1.82) is 0 Å². The molecule has 1 fully saturated rings. The first-order valence-corrected chi connectivity index (χ1v) is 10.2. The van der Waals surface area contributed by atoms with Gasteiger partial charge < -0.3 is 19.1 Å². The van der Waals surface area contributed by atoms with Crippen LogP contribution in [0.5, 0.6) is 23.0 Å². The largest absolute Gasteiger partial charge is 0.496 e. The Morgan fingerprint density at radius 3 is 2.30 bits per heavy atom. The van der Waals surface area contributed by atoms with Gasteiger partial charge in [0.2, 0.25) is 0 Å². The maximum absolute atomic E-state index is 11.9. The topological polar surface area (TPSA) is 63.7 Å². The van der Waals surface area contributed by atoms with Gasteiger partial charge in [-0.25, -0.2) is 0 Å². The Hall–Kier alpha value is -3.15. The second kappa shape index (κ2) is 8.69. The Bertz CT molecular complexity index is 1000. The highest BCUT2D eigenvalue weighted by atomic mass is 16.5. The summed E-state index contributed by atoms with van der Waals surface area (Å²) in [6.45, 7) is 1.93. The van der Waals surface area contributed by atoms with Crippen LogP contribution in [-0.4, -0.2) is 39.4 Å². The van der Waals surface area contributed by atoms with Crippen LogP contribution in [0, 0.1) is 5.92 Å². The molecule has 0 aliphatic carbocycles. The van der Waals surface area contributed by atoms with E-state index in [0.717, 1.165) is 66.4 Å². The van der Waals surface area contributed by atoms with Gasteiger partial charge in [0.25, 0.3) is 0 Å². The van der Waals surface area contributed by atoms with Crippen molar-refractivity contribution in [2.24, 2.45) is 5.92 Å². The fourth-order valence-electron chi connectivity index (χ4n) is 4.27. The monoisotopic (exact) mass is 407 g/mol. The summed E-state index contributed by atoms with van der Waals surface area (Å²) in [6, 6.07) is 11.3. The highest BCUT2D eigenvalue weighted by molar-refractivity contribution is 5.87. The minimum absolute atomic E-state index is 0.0210. The number of piperidine rings is 1. The molecule has 2 aromatic carbocycles. The van der Waals surface area contributed by atoms with Crippen molar-refractivity contribution in [3.05, 3.63) is 48.2 Å². The number of rotatable bonds is 6. The van der Waals surface area contributed by atoms with Gasteiger partial charge in [-0.15, -0.1) is 0 Å². The van der Waals surface area contributed by atoms with Gasteiger partial charge in [-0.2, -0.15) is 0 Å². The molecule has 0 spiro atoms. The highest BCUT2D eigenvalue weighted by Gasteiger charge is 2.23. The van der Waals surface area contributed by atoms with E-state index in [-0.39, 0.29) is 5.75 Å². The molecule has 1 radical (unpaired) electrons. The molecule has 4 rings (SSSR count). The summed E-state index contributed by atoms with van der Waals surface area (Å²) in [5, 5.41) is 12.6. The lowest BCUT2D eigenvalue weighted by Gasteiger charge is -2.34. The molecular weight excluding hydrogens is 380 g/mol. The highest BCUT2D eigenvalue weighted by Crippen LogP contribution is 2.38. The standard InChI is InChI=1S/C24H27N2O4/c1-28-18-14-23(29-2)20(24(15-18)30-3)12-16-7-10-26(11-8-16)17-4-5-19-21(13-17)25-9-6-22(19)27/h4-6,9,13-16H,7-8,10-12H2,1-3H3. The Labute approximate surface area is 177 Å². The number of fused-ring (bicyclic) bond motifs is 1. The predicted molar refractivity (Wildman–Crippen MR) is 117 cm³/mol. The van der Waals surface area contributed by atoms with Crippen LogP contribution in [0.25, 0.3) is 10.9 Å². The van der Waals surface area contributed by atoms with Crippen LogP contribution in [0.3, 0.4) is 0 Å². The van der Waals surface area contributed by atoms with Gasteiger partial charge in [-0.3, -0.25) is 10.1 Å². The minimum Gasteiger partial charge on any atom is -0.496 e. The number of ether oxygens (including phenoxy) is 3. The van der Waals surface area contributed by atoms with Gasteiger partial charge >= 0.3 is 0 Å². The molecule has 0 unspecified atom stereocenters. The lowest BCUT2D eigenvalue weighted by atomic mass is 9.89. The number of benzene rings is 2. The molecular formula is C24H27N2O4. The molecule has 157 valence electrons. The van der Waals surface area contributed by atoms with E-state index >= 15 is 0 Å². The summed E-state index contributed by atoms with van der Waals surface area (Å²) < 4.78 is 16.6. The van der Waals surface area contributed by atoms with Gasteiger partial charge in [0.15, 0.2) is 5.75 Å². The average molecular weight is 407 g/mol. The predicted octanol–water partition coefficient (Wildman–Crippen LogP) is 4.86. The van der Waals surface area contributed by atoms with E-state index < -0.39 is 0 Å². The maximum atomic E-state index is 11.9. The van der Waals surface area contributed by atoms with Crippen LogP contribution < -0.4 is 19.1 Å². The summed E-state index contributed by atoms with van der Waals surface area (Å²) in [5.41, 5.74) is 2.98. The SMILES string of the molecule is COc1cc(OC)c(CC2CCN(c3ccc4c([O])ccnc4c3)CC2)c(OC)c1. The number of methoxy groups -OCH3 is 3. The van der Waals surface area contributed by atoms with Gasteiger partial charge in [0.05, 0.1) is 26.8 Å². The molecule has 0 N–H and O–H groups in total. The van der Waals surface area contributed by atoms with Gasteiger partial charge in [-0.1, -0.05) is 0 Å². The zero-order chi connectivity index (χ0) is 21.1. The first-order chi connectivity index (χ1) is 14.6. The van der Waals surface area contributed by atoms with Crippen LogP contribution in [0.4, 0.5) is 5.69 Å². The summed E-state index contributed by atoms with van der Waals surface area (Å²) in [6.07, 6.45) is 4.64. The molecule has 0 bridgehead atoms. The zero-order valence-corrected chi connectivity index (χ0v) is 17.7. The zero-order valence-electron chi connectivity index (χ0n) is 17.7.